The first kappa shape index (κ1) is 14.9. The highest BCUT2D eigenvalue weighted by Gasteiger charge is 2.11. The van der Waals surface area contributed by atoms with Crippen LogP contribution in [0.3, 0.4) is 0 Å². The third kappa shape index (κ3) is 3.99. The first-order valence-electron chi connectivity index (χ1n) is 6.03. The van der Waals surface area contributed by atoms with Crippen molar-refractivity contribution in [3.8, 4) is 0 Å². The maximum absolute atomic E-state index is 6.34. The second-order valence-corrected chi connectivity index (χ2v) is 6.76. The fourth-order valence-corrected chi connectivity index (χ4v) is 3.63. The molecule has 0 aliphatic rings. The Bertz CT molecular complexity index is 572. The lowest BCUT2D eigenvalue weighted by Crippen LogP contribution is -2.18. The zero-order valence-corrected chi connectivity index (χ0v) is 13.7. The van der Waals surface area contributed by atoms with Gasteiger partial charge in [0.15, 0.2) is 0 Å². The average molecular weight is 357 g/mol. The van der Waals surface area contributed by atoms with Gasteiger partial charge in [0.25, 0.3) is 0 Å². The van der Waals surface area contributed by atoms with Gasteiger partial charge in [-0.3, -0.25) is 0 Å². The van der Waals surface area contributed by atoms with E-state index in [-0.39, 0.29) is 6.04 Å². The Morgan fingerprint density at radius 3 is 2.63 bits per heavy atom. The van der Waals surface area contributed by atoms with Crippen molar-refractivity contribution in [2.75, 3.05) is 0 Å². The fourth-order valence-electron chi connectivity index (χ4n) is 1.81. The van der Waals surface area contributed by atoms with Crippen molar-refractivity contribution in [3.63, 3.8) is 0 Å². The molecule has 0 aliphatic carbocycles. The summed E-state index contributed by atoms with van der Waals surface area (Å²) in [5.41, 5.74) is 7.10. The summed E-state index contributed by atoms with van der Waals surface area (Å²) < 4.78 is 1.08. The van der Waals surface area contributed by atoms with Crippen LogP contribution in [-0.2, 0) is 6.42 Å². The van der Waals surface area contributed by atoms with Gasteiger partial charge in [0.05, 0.1) is 5.02 Å². The van der Waals surface area contributed by atoms with Crippen molar-refractivity contribution < 1.29 is 0 Å². The molecule has 0 spiro atoms. The van der Waals surface area contributed by atoms with E-state index in [1.54, 1.807) is 11.8 Å². The summed E-state index contributed by atoms with van der Waals surface area (Å²) in [5.74, 6) is 0. The molecule has 0 aromatic heterocycles. The van der Waals surface area contributed by atoms with Crippen molar-refractivity contribution in [1.29, 1.82) is 0 Å². The second-order valence-electron chi connectivity index (χ2n) is 4.44. The third-order valence-corrected chi connectivity index (χ3v) is 5.28. The van der Waals surface area contributed by atoms with Crippen molar-refractivity contribution in [2.45, 2.75) is 29.2 Å². The van der Waals surface area contributed by atoms with Crippen molar-refractivity contribution in [3.05, 3.63) is 57.5 Å². The predicted octanol–water partition coefficient (Wildman–Crippen LogP) is 5.14. The Kier molecular flexibility index (Phi) is 5.34. The van der Waals surface area contributed by atoms with Gasteiger partial charge in [0.2, 0.25) is 0 Å². The van der Waals surface area contributed by atoms with Crippen LogP contribution in [0.25, 0.3) is 0 Å². The molecule has 4 heteroatoms. The Morgan fingerprint density at radius 2 is 1.95 bits per heavy atom. The third-order valence-electron chi connectivity index (χ3n) is 2.64. The normalized spacial score (nSPS) is 12.4. The van der Waals surface area contributed by atoms with E-state index >= 15 is 0 Å². The largest absolute Gasteiger partial charge is 0.328 e. The monoisotopic (exact) mass is 355 g/mol. The predicted molar refractivity (Wildman–Crippen MR) is 87.1 cm³/mol. The standard InChI is InChI=1S/C15H15BrClNS/c1-10(18)9-11-5-4-7-13(17)15(11)19-14-8-3-2-6-12(14)16/h2-8,10H,9,18H2,1H3. The van der Waals surface area contributed by atoms with Crippen LogP contribution < -0.4 is 5.73 Å². The van der Waals surface area contributed by atoms with Crippen LogP contribution in [0.5, 0.6) is 0 Å². The lowest BCUT2D eigenvalue weighted by Gasteiger charge is -2.13. The van der Waals surface area contributed by atoms with Gasteiger partial charge in [-0.05, 0) is 53.0 Å². The maximum Gasteiger partial charge on any atom is 0.0548 e. The summed E-state index contributed by atoms with van der Waals surface area (Å²) in [6.45, 7) is 2.01. The Morgan fingerprint density at radius 1 is 1.21 bits per heavy atom. The van der Waals surface area contributed by atoms with Gasteiger partial charge in [0.1, 0.15) is 0 Å². The highest BCUT2D eigenvalue weighted by molar-refractivity contribution is 9.10. The van der Waals surface area contributed by atoms with Gasteiger partial charge < -0.3 is 5.73 Å². The quantitative estimate of drug-likeness (QED) is 0.820. The minimum Gasteiger partial charge on any atom is -0.328 e. The van der Waals surface area contributed by atoms with E-state index in [0.29, 0.717) is 0 Å². The van der Waals surface area contributed by atoms with E-state index in [4.69, 9.17) is 17.3 Å². The number of hydrogen-bond donors (Lipinski definition) is 1. The van der Waals surface area contributed by atoms with E-state index in [2.05, 4.69) is 28.1 Å². The molecule has 0 heterocycles. The molecule has 0 saturated carbocycles. The van der Waals surface area contributed by atoms with Gasteiger partial charge in [0, 0.05) is 20.3 Å². The van der Waals surface area contributed by atoms with E-state index in [0.717, 1.165) is 25.7 Å². The summed E-state index contributed by atoms with van der Waals surface area (Å²) >= 11 is 11.6. The summed E-state index contributed by atoms with van der Waals surface area (Å²) in [6, 6.07) is 14.2. The smallest absolute Gasteiger partial charge is 0.0548 e. The van der Waals surface area contributed by atoms with Crippen molar-refractivity contribution in [1.82, 2.24) is 0 Å². The number of benzene rings is 2. The molecular weight excluding hydrogens is 342 g/mol. The van der Waals surface area contributed by atoms with Crippen LogP contribution in [-0.4, -0.2) is 6.04 Å². The van der Waals surface area contributed by atoms with Gasteiger partial charge in [-0.25, -0.2) is 0 Å². The zero-order valence-electron chi connectivity index (χ0n) is 10.6. The topological polar surface area (TPSA) is 26.0 Å². The molecule has 2 rings (SSSR count). The second kappa shape index (κ2) is 6.80. The Hall–Kier alpha value is -0.480. The molecule has 0 fully saturated rings. The minimum atomic E-state index is 0.122. The van der Waals surface area contributed by atoms with Gasteiger partial charge in [-0.15, -0.1) is 0 Å². The molecule has 0 amide bonds. The molecule has 0 aliphatic heterocycles. The van der Waals surface area contributed by atoms with Crippen LogP contribution >= 0.6 is 39.3 Å². The van der Waals surface area contributed by atoms with Crippen molar-refractivity contribution >= 4 is 39.3 Å². The number of hydrogen-bond acceptors (Lipinski definition) is 2. The lowest BCUT2D eigenvalue weighted by molar-refractivity contribution is 0.729. The minimum absolute atomic E-state index is 0.122. The first-order valence-corrected chi connectivity index (χ1v) is 8.02. The molecule has 2 aromatic carbocycles. The van der Waals surface area contributed by atoms with Crippen LogP contribution in [0, 0.1) is 0 Å². The first-order chi connectivity index (χ1) is 9.08. The van der Waals surface area contributed by atoms with Crippen LogP contribution in [0.2, 0.25) is 5.02 Å². The van der Waals surface area contributed by atoms with Crippen LogP contribution in [0.4, 0.5) is 0 Å². The van der Waals surface area contributed by atoms with E-state index in [1.807, 2.05) is 37.3 Å². The summed E-state index contributed by atoms with van der Waals surface area (Å²) in [6.07, 6.45) is 0.827. The highest BCUT2D eigenvalue weighted by atomic mass is 79.9. The number of rotatable bonds is 4. The molecule has 1 atom stereocenters. The summed E-state index contributed by atoms with van der Waals surface area (Å²) in [4.78, 5) is 2.25. The van der Waals surface area contributed by atoms with Crippen LogP contribution in [0.15, 0.2) is 56.7 Å². The fraction of sp³-hybridized carbons (Fsp3) is 0.200. The van der Waals surface area contributed by atoms with Gasteiger partial charge in [-0.1, -0.05) is 47.6 Å². The maximum atomic E-state index is 6.34. The van der Waals surface area contributed by atoms with Crippen LogP contribution in [0.1, 0.15) is 12.5 Å². The molecule has 1 nitrogen and oxygen atoms in total. The SMILES string of the molecule is CC(N)Cc1cccc(Cl)c1Sc1ccccc1Br. The molecule has 1 unspecified atom stereocenters. The molecular formula is C15H15BrClNS. The summed E-state index contributed by atoms with van der Waals surface area (Å²) in [5, 5.41) is 0.777. The van der Waals surface area contributed by atoms with Crippen molar-refractivity contribution in [2.24, 2.45) is 5.73 Å². The average Bonchev–Trinajstić information content (AvgIpc) is 2.35. The number of nitrogens with two attached hydrogens (primary N) is 1. The lowest BCUT2D eigenvalue weighted by atomic mass is 10.1. The molecule has 0 bridgehead atoms. The molecule has 100 valence electrons. The van der Waals surface area contributed by atoms with Gasteiger partial charge in [-0.2, -0.15) is 0 Å². The Balaban J connectivity index is 2.36. The van der Waals surface area contributed by atoms with E-state index in [1.165, 1.54) is 5.56 Å². The van der Waals surface area contributed by atoms with E-state index < -0.39 is 0 Å². The highest BCUT2D eigenvalue weighted by Crippen LogP contribution is 2.39. The molecule has 0 radical (unpaired) electrons. The number of halogens is 2. The molecule has 2 aromatic rings. The van der Waals surface area contributed by atoms with Gasteiger partial charge >= 0.3 is 0 Å². The molecule has 19 heavy (non-hydrogen) atoms. The Labute approximate surface area is 131 Å². The molecule has 0 saturated heterocycles. The zero-order chi connectivity index (χ0) is 13.8. The molecule has 2 N–H and O–H groups in total. The van der Waals surface area contributed by atoms with E-state index in [9.17, 15) is 0 Å². The summed E-state index contributed by atoms with van der Waals surface area (Å²) in [7, 11) is 0.